The maximum absolute atomic E-state index is 13.3. The highest BCUT2D eigenvalue weighted by Crippen LogP contribution is 2.40. The summed E-state index contributed by atoms with van der Waals surface area (Å²) in [5, 5.41) is 6.39. The molecule has 0 spiro atoms. The molecule has 0 aliphatic heterocycles. The number of benzene rings is 1. The predicted octanol–water partition coefficient (Wildman–Crippen LogP) is 5.23. The van der Waals surface area contributed by atoms with Gasteiger partial charge in [-0.15, -0.1) is 11.3 Å². The van der Waals surface area contributed by atoms with Crippen molar-refractivity contribution in [3.63, 3.8) is 0 Å². The van der Waals surface area contributed by atoms with Crippen LogP contribution in [0.2, 0.25) is 0 Å². The molecule has 10 nitrogen and oxygen atoms in total. The highest BCUT2D eigenvalue weighted by molar-refractivity contribution is 7.89. The average molecular weight is 553 g/mol. The number of nitrogens with one attached hydrogen (secondary N) is 3. The molecule has 0 bridgehead atoms. The predicted molar refractivity (Wildman–Crippen MR) is 143 cm³/mol. The van der Waals surface area contributed by atoms with Gasteiger partial charge in [-0.3, -0.25) is 5.32 Å². The molecule has 2 aromatic rings. The van der Waals surface area contributed by atoms with Crippen LogP contribution in [0.25, 0.3) is 10.4 Å². The van der Waals surface area contributed by atoms with E-state index in [1.807, 2.05) is 13.8 Å². The molecule has 3 rings (SSSR count). The summed E-state index contributed by atoms with van der Waals surface area (Å²) in [6.07, 6.45) is 3.80. The van der Waals surface area contributed by atoms with E-state index in [9.17, 15) is 18.0 Å². The normalized spacial score (nSPS) is 18.4. The van der Waals surface area contributed by atoms with Crippen molar-refractivity contribution in [2.45, 2.75) is 88.8 Å². The van der Waals surface area contributed by atoms with Crippen molar-refractivity contribution < 1.29 is 27.5 Å². The van der Waals surface area contributed by atoms with E-state index in [0.29, 0.717) is 11.3 Å². The number of alkyl carbamates (subject to hydrolysis) is 1. The molecule has 37 heavy (non-hydrogen) atoms. The highest BCUT2D eigenvalue weighted by Gasteiger charge is 2.29. The van der Waals surface area contributed by atoms with Crippen LogP contribution in [0.4, 0.5) is 15.3 Å². The van der Waals surface area contributed by atoms with Gasteiger partial charge in [0.25, 0.3) is 0 Å². The zero-order valence-electron chi connectivity index (χ0n) is 22.1. The third kappa shape index (κ3) is 8.14. The Morgan fingerprint density at radius 2 is 1.78 bits per heavy atom. The first-order chi connectivity index (χ1) is 17.3. The number of anilines is 1. The van der Waals surface area contributed by atoms with Crippen molar-refractivity contribution in [1.29, 1.82) is 0 Å². The highest BCUT2D eigenvalue weighted by atomic mass is 32.2. The van der Waals surface area contributed by atoms with E-state index in [1.54, 1.807) is 39.1 Å². The molecule has 1 fully saturated rings. The Kier molecular flexibility index (Phi) is 9.19. The second kappa shape index (κ2) is 11.8. The van der Waals surface area contributed by atoms with Crippen LogP contribution in [0.3, 0.4) is 0 Å². The standard InChI is InChI=1S/C25H36N4O6S2/c1-15(2)35-24(31)27-17-9-7-16(8-10-17)22-26-14-20(36-22)19-12-11-18(28-23(30)34-6)13-21(19)37(32,33)29-25(3,4)5/h11-17,29H,7-10H2,1-6H3,(H,27,31)(H,28,30). The number of hydrogen-bond donors (Lipinski definition) is 3. The van der Waals surface area contributed by atoms with Gasteiger partial charge < -0.3 is 14.8 Å². The van der Waals surface area contributed by atoms with Crippen LogP contribution in [0.5, 0.6) is 0 Å². The minimum Gasteiger partial charge on any atom is -0.453 e. The molecular weight excluding hydrogens is 516 g/mol. The maximum atomic E-state index is 13.3. The Bertz CT molecular complexity index is 1210. The van der Waals surface area contributed by atoms with E-state index >= 15 is 0 Å². The molecule has 204 valence electrons. The third-order valence-corrected chi connectivity index (χ3v) is 8.66. The Morgan fingerprint density at radius 1 is 1.11 bits per heavy atom. The molecule has 1 aliphatic carbocycles. The van der Waals surface area contributed by atoms with Crippen molar-refractivity contribution >= 4 is 39.2 Å². The first-order valence-electron chi connectivity index (χ1n) is 12.2. The van der Waals surface area contributed by atoms with E-state index in [1.165, 1.54) is 24.5 Å². The topological polar surface area (TPSA) is 136 Å². The molecule has 0 atom stereocenters. The molecule has 0 unspecified atom stereocenters. The number of nitrogens with zero attached hydrogens (tertiary/aromatic N) is 1. The van der Waals surface area contributed by atoms with Crippen molar-refractivity contribution in [1.82, 2.24) is 15.0 Å². The van der Waals surface area contributed by atoms with Gasteiger partial charge in [0.2, 0.25) is 10.0 Å². The molecule has 1 aromatic heterocycles. The summed E-state index contributed by atoms with van der Waals surface area (Å²) in [5.41, 5.74) is 0.105. The van der Waals surface area contributed by atoms with Gasteiger partial charge in [0.15, 0.2) is 0 Å². The van der Waals surface area contributed by atoms with Gasteiger partial charge in [-0.25, -0.2) is 27.7 Å². The summed E-state index contributed by atoms with van der Waals surface area (Å²) in [5.74, 6) is 0.228. The number of aromatic nitrogens is 1. The molecule has 3 N–H and O–H groups in total. The molecular formula is C25H36N4O6S2. The van der Waals surface area contributed by atoms with Crippen LogP contribution in [-0.2, 0) is 19.5 Å². The number of carbonyl (C=O) groups is 2. The van der Waals surface area contributed by atoms with E-state index in [0.717, 1.165) is 35.6 Å². The first kappa shape index (κ1) is 28.9. The lowest BCUT2D eigenvalue weighted by Gasteiger charge is -2.28. The first-order valence-corrected chi connectivity index (χ1v) is 14.5. The van der Waals surface area contributed by atoms with Crippen molar-refractivity contribution in [2.75, 3.05) is 12.4 Å². The van der Waals surface area contributed by atoms with Gasteiger partial charge in [0.1, 0.15) is 0 Å². The second-order valence-corrected chi connectivity index (χ2v) is 13.1. The number of amides is 2. The Morgan fingerprint density at radius 3 is 2.38 bits per heavy atom. The molecule has 2 amide bonds. The van der Waals surface area contributed by atoms with Crippen LogP contribution >= 0.6 is 11.3 Å². The fourth-order valence-electron chi connectivity index (χ4n) is 4.15. The van der Waals surface area contributed by atoms with Crippen molar-refractivity contribution in [2.24, 2.45) is 0 Å². The number of sulfonamides is 1. The van der Waals surface area contributed by atoms with E-state index < -0.39 is 27.7 Å². The molecule has 12 heteroatoms. The lowest BCUT2D eigenvalue weighted by Crippen LogP contribution is -2.40. The van der Waals surface area contributed by atoms with Crippen molar-refractivity contribution in [3.8, 4) is 10.4 Å². The zero-order valence-corrected chi connectivity index (χ0v) is 23.7. The monoisotopic (exact) mass is 552 g/mol. The summed E-state index contributed by atoms with van der Waals surface area (Å²) in [4.78, 5) is 29.0. The van der Waals surface area contributed by atoms with Gasteiger partial charge in [-0.05, 0) is 72.4 Å². The number of thiazole rings is 1. The molecule has 0 radical (unpaired) electrons. The Hall–Kier alpha value is -2.70. The van der Waals surface area contributed by atoms with Crippen LogP contribution in [0.1, 0.15) is 71.2 Å². The largest absolute Gasteiger partial charge is 0.453 e. The summed E-state index contributed by atoms with van der Waals surface area (Å²) in [7, 11) is -2.68. The van der Waals surface area contributed by atoms with Crippen LogP contribution in [0, 0.1) is 0 Å². The zero-order chi connectivity index (χ0) is 27.4. The van der Waals surface area contributed by atoms with Crippen LogP contribution < -0.4 is 15.4 Å². The lowest BCUT2D eigenvalue weighted by molar-refractivity contribution is 0.109. The fourth-order valence-corrected chi connectivity index (χ4v) is 7.01. The molecule has 0 saturated heterocycles. The smallest absolute Gasteiger partial charge is 0.411 e. The number of rotatable bonds is 7. The Balaban J connectivity index is 1.82. The second-order valence-electron chi connectivity index (χ2n) is 10.4. The maximum Gasteiger partial charge on any atom is 0.411 e. The average Bonchev–Trinajstić information content (AvgIpc) is 3.27. The van der Waals surface area contributed by atoms with Crippen LogP contribution in [-0.4, -0.2) is 50.4 Å². The summed E-state index contributed by atoms with van der Waals surface area (Å²) in [6, 6.07) is 4.79. The third-order valence-electron chi connectivity index (χ3n) is 5.67. The minimum atomic E-state index is -3.92. The van der Waals surface area contributed by atoms with Gasteiger partial charge >= 0.3 is 12.2 Å². The van der Waals surface area contributed by atoms with E-state index in [-0.39, 0.29) is 23.0 Å². The van der Waals surface area contributed by atoms with Gasteiger partial charge in [-0.2, -0.15) is 0 Å². The van der Waals surface area contributed by atoms with Crippen molar-refractivity contribution in [3.05, 3.63) is 29.4 Å². The molecule has 1 aromatic carbocycles. The van der Waals surface area contributed by atoms with Gasteiger partial charge in [0, 0.05) is 34.9 Å². The summed E-state index contributed by atoms with van der Waals surface area (Å²) < 4.78 is 39.2. The minimum absolute atomic E-state index is 0.0445. The number of hydrogen-bond acceptors (Lipinski definition) is 8. The quantitative estimate of drug-likeness (QED) is 0.428. The van der Waals surface area contributed by atoms with E-state index in [2.05, 4.69) is 25.1 Å². The number of ether oxygens (including phenoxy) is 2. The van der Waals surface area contributed by atoms with E-state index in [4.69, 9.17) is 4.74 Å². The Labute approximate surface area is 222 Å². The molecule has 1 heterocycles. The van der Waals surface area contributed by atoms with Gasteiger partial charge in [-0.1, -0.05) is 6.07 Å². The number of methoxy groups -OCH3 is 1. The lowest BCUT2D eigenvalue weighted by atomic mass is 9.86. The number of carbonyl (C=O) groups excluding carboxylic acids is 2. The molecule has 1 saturated carbocycles. The fraction of sp³-hybridized carbons (Fsp3) is 0.560. The van der Waals surface area contributed by atoms with Crippen LogP contribution in [0.15, 0.2) is 29.3 Å². The summed E-state index contributed by atoms with van der Waals surface area (Å²) >= 11 is 1.46. The molecule has 1 aliphatic rings. The summed E-state index contributed by atoms with van der Waals surface area (Å²) in [6.45, 7) is 8.92. The van der Waals surface area contributed by atoms with Gasteiger partial charge in [0.05, 0.1) is 28.0 Å². The SMILES string of the molecule is COC(=O)Nc1ccc(-c2cnc(C3CCC(NC(=O)OC(C)C)CC3)s2)c(S(=O)(=O)NC(C)(C)C)c1.